The molecule has 140 valence electrons. The fraction of sp³-hybridized carbons (Fsp3) is 0.727. The summed E-state index contributed by atoms with van der Waals surface area (Å²) in [5.41, 5.74) is 1.21. The summed E-state index contributed by atoms with van der Waals surface area (Å²) in [6, 6.07) is 8.15. The first kappa shape index (κ1) is 19.2. The third kappa shape index (κ3) is 6.58. The molecule has 0 radical (unpaired) electrons. The molecule has 0 bridgehead atoms. The molecule has 0 spiro atoms. The predicted octanol–water partition coefficient (Wildman–Crippen LogP) is 5.41. The van der Waals surface area contributed by atoms with E-state index in [1.165, 1.54) is 76.4 Å². The minimum atomic E-state index is 0.845. The standard InChI is InChI=1S/C22H35ClN2/c23-22-9-5-4-8-21(22)17-25-16-20-12-10-19(11-13-20)15-24-14-18-6-2-1-3-7-18/h4-5,8-9,18-20,24-25H,1-3,6-7,10-17H2. The topological polar surface area (TPSA) is 24.1 Å². The molecule has 2 aliphatic carbocycles. The zero-order valence-electron chi connectivity index (χ0n) is 15.6. The Hall–Kier alpha value is -0.570. The first-order valence-electron chi connectivity index (χ1n) is 10.5. The van der Waals surface area contributed by atoms with Gasteiger partial charge in [-0.2, -0.15) is 0 Å². The Labute approximate surface area is 159 Å². The minimum Gasteiger partial charge on any atom is -0.316 e. The van der Waals surface area contributed by atoms with E-state index >= 15 is 0 Å². The van der Waals surface area contributed by atoms with Crippen LogP contribution in [0.25, 0.3) is 0 Å². The van der Waals surface area contributed by atoms with Gasteiger partial charge in [0.2, 0.25) is 0 Å². The average Bonchev–Trinajstić information content (AvgIpc) is 2.65. The van der Waals surface area contributed by atoms with Crippen molar-refractivity contribution in [3.05, 3.63) is 34.9 Å². The van der Waals surface area contributed by atoms with Gasteiger partial charge in [0.05, 0.1) is 0 Å². The van der Waals surface area contributed by atoms with Crippen molar-refractivity contribution in [1.29, 1.82) is 0 Å². The molecule has 0 atom stereocenters. The molecule has 0 saturated heterocycles. The summed E-state index contributed by atoms with van der Waals surface area (Å²) >= 11 is 6.22. The monoisotopic (exact) mass is 362 g/mol. The van der Waals surface area contributed by atoms with E-state index in [1.807, 2.05) is 12.1 Å². The van der Waals surface area contributed by atoms with E-state index in [0.29, 0.717) is 0 Å². The van der Waals surface area contributed by atoms with Crippen LogP contribution in [0.3, 0.4) is 0 Å². The van der Waals surface area contributed by atoms with Crippen molar-refractivity contribution in [2.45, 2.75) is 64.3 Å². The Morgan fingerprint density at radius 2 is 1.28 bits per heavy atom. The fourth-order valence-corrected chi connectivity index (χ4v) is 4.78. The highest BCUT2D eigenvalue weighted by Gasteiger charge is 2.21. The van der Waals surface area contributed by atoms with Crippen LogP contribution in [0.4, 0.5) is 0 Å². The molecule has 2 fully saturated rings. The molecule has 3 heteroatoms. The molecule has 0 amide bonds. The van der Waals surface area contributed by atoms with Crippen molar-refractivity contribution in [1.82, 2.24) is 10.6 Å². The van der Waals surface area contributed by atoms with Crippen LogP contribution in [-0.4, -0.2) is 19.6 Å². The third-order valence-corrected chi connectivity index (χ3v) is 6.63. The molecule has 0 aliphatic heterocycles. The molecule has 3 rings (SSSR count). The smallest absolute Gasteiger partial charge is 0.0450 e. The number of hydrogen-bond donors (Lipinski definition) is 2. The van der Waals surface area contributed by atoms with Crippen molar-refractivity contribution >= 4 is 11.6 Å². The largest absolute Gasteiger partial charge is 0.316 e. The maximum absolute atomic E-state index is 6.22. The molecule has 0 heterocycles. The lowest BCUT2D eigenvalue weighted by molar-refractivity contribution is 0.253. The van der Waals surface area contributed by atoms with Gasteiger partial charge in [0, 0.05) is 11.6 Å². The third-order valence-electron chi connectivity index (χ3n) is 6.26. The number of benzene rings is 1. The average molecular weight is 363 g/mol. The van der Waals surface area contributed by atoms with Gasteiger partial charge in [-0.1, -0.05) is 49.1 Å². The van der Waals surface area contributed by atoms with E-state index in [2.05, 4.69) is 22.8 Å². The van der Waals surface area contributed by atoms with E-state index in [0.717, 1.165) is 35.9 Å². The highest BCUT2D eigenvalue weighted by Crippen LogP contribution is 2.28. The number of nitrogens with one attached hydrogen (secondary N) is 2. The van der Waals surface area contributed by atoms with E-state index in [-0.39, 0.29) is 0 Å². The highest BCUT2D eigenvalue weighted by atomic mass is 35.5. The van der Waals surface area contributed by atoms with Crippen LogP contribution in [0.1, 0.15) is 63.4 Å². The SMILES string of the molecule is Clc1ccccc1CNCC1CCC(CNCC2CCCCC2)CC1. The van der Waals surface area contributed by atoms with Crippen LogP contribution in [-0.2, 0) is 6.54 Å². The van der Waals surface area contributed by atoms with Gasteiger partial charge < -0.3 is 10.6 Å². The van der Waals surface area contributed by atoms with E-state index in [4.69, 9.17) is 11.6 Å². The van der Waals surface area contributed by atoms with Gasteiger partial charge in [0.25, 0.3) is 0 Å². The van der Waals surface area contributed by atoms with Gasteiger partial charge in [-0.3, -0.25) is 0 Å². The van der Waals surface area contributed by atoms with Crippen LogP contribution >= 0.6 is 11.6 Å². The van der Waals surface area contributed by atoms with E-state index < -0.39 is 0 Å². The second kappa shape index (κ2) is 10.5. The Kier molecular flexibility index (Phi) is 8.10. The van der Waals surface area contributed by atoms with E-state index in [1.54, 1.807) is 0 Å². The lowest BCUT2D eigenvalue weighted by Gasteiger charge is -2.30. The number of hydrogen-bond acceptors (Lipinski definition) is 2. The van der Waals surface area contributed by atoms with Crippen molar-refractivity contribution in [3.8, 4) is 0 Å². The number of halogens is 1. The molecular weight excluding hydrogens is 328 g/mol. The minimum absolute atomic E-state index is 0.845. The zero-order chi connectivity index (χ0) is 17.3. The molecule has 0 aromatic heterocycles. The molecule has 2 aliphatic rings. The summed E-state index contributed by atoms with van der Waals surface area (Å²) in [5.74, 6) is 2.71. The summed E-state index contributed by atoms with van der Waals surface area (Å²) in [6.07, 6.45) is 12.8. The van der Waals surface area contributed by atoms with Crippen molar-refractivity contribution in [2.75, 3.05) is 19.6 Å². The fourth-order valence-electron chi connectivity index (χ4n) is 4.58. The van der Waals surface area contributed by atoms with Gasteiger partial charge >= 0.3 is 0 Å². The summed E-state index contributed by atoms with van der Waals surface area (Å²) in [5, 5.41) is 8.27. The summed E-state index contributed by atoms with van der Waals surface area (Å²) in [6.45, 7) is 4.53. The first-order valence-corrected chi connectivity index (χ1v) is 10.8. The van der Waals surface area contributed by atoms with Gasteiger partial charge in [0.1, 0.15) is 0 Å². The molecule has 2 nitrogen and oxygen atoms in total. The summed E-state index contributed by atoms with van der Waals surface area (Å²) in [7, 11) is 0. The van der Waals surface area contributed by atoms with Crippen LogP contribution in [0.15, 0.2) is 24.3 Å². The molecule has 2 saturated carbocycles. The summed E-state index contributed by atoms with van der Waals surface area (Å²) < 4.78 is 0. The van der Waals surface area contributed by atoms with Gasteiger partial charge in [-0.05, 0) is 87.5 Å². The molecule has 2 N–H and O–H groups in total. The molecule has 0 unspecified atom stereocenters. The van der Waals surface area contributed by atoms with Crippen LogP contribution < -0.4 is 10.6 Å². The quantitative estimate of drug-likeness (QED) is 0.646. The molecule has 25 heavy (non-hydrogen) atoms. The molecule has 1 aromatic rings. The van der Waals surface area contributed by atoms with Gasteiger partial charge in [-0.25, -0.2) is 0 Å². The highest BCUT2D eigenvalue weighted by molar-refractivity contribution is 6.31. The van der Waals surface area contributed by atoms with Crippen LogP contribution in [0, 0.1) is 17.8 Å². The van der Waals surface area contributed by atoms with Crippen molar-refractivity contribution in [3.63, 3.8) is 0 Å². The summed E-state index contributed by atoms with van der Waals surface area (Å²) in [4.78, 5) is 0. The van der Waals surface area contributed by atoms with Crippen LogP contribution in [0.2, 0.25) is 5.02 Å². The van der Waals surface area contributed by atoms with Gasteiger partial charge in [0.15, 0.2) is 0 Å². The second-order valence-electron chi connectivity index (χ2n) is 8.27. The predicted molar refractivity (Wildman–Crippen MR) is 108 cm³/mol. The molecule has 1 aromatic carbocycles. The second-order valence-corrected chi connectivity index (χ2v) is 8.68. The Morgan fingerprint density at radius 1 is 0.720 bits per heavy atom. The first-order chi connectivity index (χ1) is 12.3. The van der Waals surface area contributed by atoms with E-state index in [9.17, 15) is 0 Å². The lowest BCUT2D eigenvalue weighted by Crippen LogP contribution is -2.32. The Morgan fingerprint density at radius 3 is 1.92 bits per heavy atom. The maximum Gasteiger partial charge on any atom is 0.0450 e. The normalized spacial score (nSPS) is 25.2. The van der Waals surface area contributed by atoms with Crippen LogP contribution in [0.5, 0.6) is 0 Å². The number of rotatable bonds is 8. The van der Waals surface area contributed by atoms with Crippen molar-refractivity contribution < 1.29 is 0 Å². The van der Waals surface area contributed by atoms with Crippen molar-refractivity contribution in [2.24, 2.45) is 17.8 Å². The van der Waals surface area contributed by atoms with Gasteiger partial charge in [-0.15, -0.1) is 0 Å². The maximum atomic E-state index is 6.22. The lowest BCUT2D eigenvalue weighted by atomic mass is 9.81. The Bertz CT molecular complexity index is 491. The molecular formula is C22H35ClN2. The zero-order valence-corrected chi connectivity index (χ0v) is 16.4. The Balaban J connectivity index is 1.25.